The van der Waals surface area contributed by atoms with E-state index in [1.807, 2.05) is 0 Å². The number of esters is 1. The zero-order valence-corrected chi connectivity index (χ0v) is 7.02. The molecule has 1 aliphatic heterocycles. The van der Waals surface area contributed by atoms with Gasteiger partial charge in [0, 0.05) is 0 Å². The molecule has 0 saturated heterocycles. The number of nitrogens with zero attached hydrogens (tertiary/aromatic N) is 1. The summed E-state index contributed by atoms with van der Waals surface area (Å²) in [5, 5.41) is 11.7. The highest BCUT2D eigenvalue weighted by molar-refractivity contribution is 6.36. The topological polar surface area (TPSA) is 85.2 Å². The molecule has 13 heavy (non-hydrogen) atoms. The van der Waals surface area contributed by atoms with Crippen LogP contribution in [-0.4, -0.2) is 35.5 Å². The Bertz CT molecular complexity index is 260. The fraction of sp³-hybridized carbons (Fsp3) is 0.571. The monoisotopic (exact) mass is 187 g/mol. The van der Waals surface area contributed by atoms with Crippen LogP contribution in [-0.2, 0) is 19.2 Å². The van der Waals surface area contributed by atoms with Crippen molar-refractivity contribution in [3.63, 3.8) is 0 Å². The lowest BCUT2D eigenvalue weighted by molar-refractivity contribution is -0.154. The van der Waals surface area contributed by atoms with Crippen LogP contribution in [0.4, 0.5) is 0 Å². The standard InChI is InChI=1S/C7H9NO5/c1-2-12-7(11)5-3-4(6(9)10)8-13-5/h5H,2-3H2,1H3,(H,9,10). The molecule has 0 fully saturated rings. The fourth-order valence-electron chi connectivity index (χ4n) is 0.865. The first-order chi connectivity index (χ1) is 6.15. The van der Waals surface area contributed by atoms with Crippen molar-refractivity contribution in [2.24, 2.45) is 5.16 Å². The molecule has 1 rings (SSSR count). The summed E-state index contributed by atoms with van der Waals surface area (Å²) >= 11 is 0. The number of carboxylic acid groups (broad SMARTS) is 1. The van der Waals surface area contributed by atoms with Crippen LogP contribution in [0, 0.1) is 0 Å². The van der Waals surface area contributed by atoms with Crippen LogP contribution in [0.3, 0.4) is 0 Å². The lowest BCUT2D eigenvalue weighted by Gasteiger charge is -2.05. The second-order valence-corrected chi connectivity index (χ2v) is 2.39. The van der Waals surface area contributed by atoms with E-state index >= 15 is 0 Å². The Morgan fingerprint density at radius 2 is 2.46 bits per heavy atom. The Morgan fingerprint density at radius 3 is 2.92 bits per heavy atom. The number of carbonyl (C=O) groups excluding carboxylic acids is 1. The fourth-order valence-corrected chi connectivity index (χ4v) is 0.865. The van der Waals surface area contributed by atoms with Gasteiger partial charge in [-0.2, -0.15) is 0 Å². The molecule has 1 aliphatic rings. The second-order valence-electron chi connectivity index (χ2n) is 2.39. The van der Waals surface area contributed by atoms with Gasteiger partial charge in [-0.15, -0.1) is 0 Å². The van der Waals surface area contributed by atoms with E-state index in [-0.39, 0.29) is 18.7 Å². The highest BCUT2D eigenvalue weighted by Gasteiger charge is 2.32. The van der Waals surface area contributed by atoms with E-state index in [4.69, 9.17) is 5.11 Å². The lowest BCUT2D eigenvalue weighted by atomic mass is 10.2. The van der Waals surface area contributed by atoms with Crippen molar-refractivity contribution in [3.05, 3.63) is 0 Å². The van der Waals surface area contributed by atoms with Crippen LogP contribution in [0.5, 0.6) is 0 Å². The third-order valence-corrected chi connectivity index (χ3v) is 1.47. The van der Waals surface area contributed by atoms with Gasteiger partial charge in [-0.25, -0.2) is 9.59 Å². The summed E-state index contributed by atoms with van der Waals surface area (Å²) in [4.78, 5) is 25.9. The average molecular weight is 187 g/mol. The van der Waals surface area contributed by atoms with Crippen LogP contribution in [0.2, 0.25) is 0 Å². The summed E-state index contributed by atoms with van der Waals surface area (Å²) in [6.45, 7) is 1.90. The van der Waals surface area contributed by atoms with E-state index < -0.39 is 18.0 Å². The van der Waals surface area contributed by atoms with Gasteiger partial charge in [-0.3, -0.25) is 0 Å². The van der Waals surface area contributed by atoms with Gasteiger partial charge in [-0.1, -0.05) is 5.16 Å². The predicted molar refractivity (Wildman–Crippen MR) is 41.2 cm³/mol. The number of carbonyl (C=O) groups is 2. The van der Waals surface area contributed by atoms with E-state index in [0.29, 0.717) is 0 Å². The lowest BCUT2D eigenvalue weighted by Crippen LogP contribution is -2.24. The van der Waals surface area contributed by atoms with Crippen molar-refractivity contribution >= 4 is 17.7 Å². The number of carboxylic acids is 1. The summed E-state index contributed by atoms with van der Waals surface area (Å²) in [6, 6.07) is 0. The Hall–Kier alpha value is -1.59. The Labute approximate surface area is 74.1 Å². The molecule has 6 heteroatoms. The van der Waals surface area contributed by atoms with Crippen LogP contribution in [0.15, 0.2) is 5.16 Å². The van der Waals surface area contributed by atoms with Crippen molar-refractivity contribution in [3.8, 4) is 0 Å². The molecular formula is C7H9NO5. The number of rotatable bonds is 3. The Morgan fingerprint density at radius 1 is 1.77 bits per heavy atom. The molecule has 1 heterocycles. The average Bonchev–Trinajstić information content (AvgIpc) is 2.52. The van der Waals surface area contributed by atoms with Gasteiger partial charge in [0.25, 0.3) is 0 Å². The van der Waals surface area contributed by atoms with E-state index in [1.54, 1.807) is 6.92 Å². The first-order valence-corrected chi connectivity index (χ1v) is 3.77. The first-order valence-electron chi connectivity index (χ1n) is 3.77. The number of hydrogen-bond donors (Lipinski definition) is 1. The van der Waals surface area contributed by atoms with Gasteiger partial charge < -0.3 is 14.7 Å². The smallest absolute Gasteiger partial charge is 0.353 e. The molecule has 0 spiro atoms. The minimum Gasteiger partial charge on any atom is -0.477 e. The molecule has 0 amide bonds. The summed E-state index contributed by atoms with van der Waals surface area (Å²) in [5.74, 6) is -1.76. The van der Waals surface area contributed by atoms with Crippen molar-refractivity contribution in [1.82, 2.24) is 0 Å². The van der Waals surface area contributed by atoms with E-state index in [9.17, 15) is 9.59 Å². The van der Waals surface area contributed by atoms with Crippen LogP contribution in [0.25, 0.3) is 0 Å². The largest absolute Gasteiger partial charge is 0.477 e. The Kier molecular flexibility index (Phi) is 2.84. The minimum atomic E-state index is -1.17. The summed E-state index contributed by atoms with van der Waals surface area (Å²) in [5.41, 5.74) is -0.155. The van der Waals surface area contributed by atoms with E-state index in [2.05, 4.69) is 14.7 Å². The molecule has 0 bridgehead atoms. The van der Waals surface area contributed by atoms with Crippen molar-refractivity contribution in [2.45, 2.75) is 19.4 Å². The van der Waals surface area contributed by atoms with Crippen LogP contribution >= 0.6 is 0 Å². The molecule has 1 unspecified atom stereocenters. The van der Waals surface area contributed by atoms with Gasteiger partial charge in [0.05, 0.1) is 13.0 Å². The Balaban J connectivity index is 2.45. The quantitative estimate of drug-likeness (QED) is 0.617. The second kappa shape index (κ2) is 3.88. The molecule has 0 aliphatic carbocycles. The third-order valence-electron chi connectivity index (χ3n) is 1.47. The van der Waals surface area contributed by atoms with Crippen molar-refractivity contribution in [2.75, 3.05) is 6.61 Å². The minimum absolute atomic E-state index is 0.0336. The molecule has 1 N–H and O–H groups in total. The summed E-state index contributed by atoms with van der Waals surface area (Å²) < 4.78 is 4.62. The highest BCUT2D eigenvalue weighted by atomic mass is 16.7. The summed E-state index contributed by atoms with van der Waals surface area (Å²) in [7, 11) is 0. The molecule has 0 aromatic rings. The summed E-state index contributed by atoms with van der Waals surface area (Å²) in [6.07, 6.45) is -0.931. The molecule has 72 valence electrons. The van der Waals surface area contributed by atoms with E-state index in [0.717, 1.165) is 0 Å². The molecule has 6 nitrogen and oxygen atoms in total. The van der Waals surface area contributed by atoms with E-state index in [1.165, 1.54) is 0 Å². The van der Waals surface area contributed by atoms with Gasteiger partial charge >= 0.3 is 11.9 Å². The molecular weight excluding hydrogens is 178 g/mol. The molecule has 0 aromatic carbocycles. The zero-order valence-electron chi connectivity index (χ0n) is 7.02. The van der Waals surface area contributed by atoms with Gasteiger partial charge in [0.15, 0.2) is 5.71 Å². The van der Waals surface area contributed by atoms with Crippen molar-refractivity contribution < 1.29 is 24.3 Å². The van der Waals surface area contributed by atoms with Gasteiger partial charge in [0.1, 0.15) is 0 Å². The van der Waals surface area contributed by atoms with Crippen molar-refractivity contribution in [1.29, 1.82) is 0 Å². The maximum Gasteiger partial charge on any atom is 0.353 e. The molecule has 1 atom stereocenters. The SMILES string of the molecule is CCOC(=O)C1CC(C(=O)O)=NO1. The maximum atomic E-state index is 11.0. The third kappa shape index (κ3) is 2.17. The molecule has 0 saturated carbocycles. The molecule has 0 radical (unpaired) electrons. The van der Waals surface area contributed by atoms with Crippen LogP contribution in [0.1, 0.15) is 13.3 Å². The maximum absolute atomic E-state index is 11.0. The van der Waals surface area contributed by atoms with Gasteiger partial charge in [-0.05, 0) is 6.92 Å². The predicted octanol–water partition coefficient (Wildman–Crippen LogP) is -0.221. The molecule has 0 aromatic heterocycles. The number of hydrogen-bond acceptors (Lipinski definition) is 5. The highest BCUT2D eigenvalue weighted by Crippen LogP contribution is 2.11. The number of oxime groups is 1. The number of aliphatic carboxylic acids is 1. The van der Waals surface area contributed by atoms with Gasteiger partial charge in [0.2, 0.25) is 6.10 Å². The zero-order chi connectivity index (χ0) is 9.84. The first kappa shape index (κ1) is 9.50. The number of ether oxygens (including phenoxy) is 1. The van der Waals surface area contributed by atoms with Crippen LogP contribution < -0.4 is 0 Å². The normalized spacial score (nSPS) is 20.4.